The van der Waals surface area contributed by atoms with Gasteiger partial charge < -0.3 is 4.40 Å². The Bertz CT molecular complexity index is 3280. The molecule has 0 bridgehead atoms. The van der Waals surface area contributed by atoms with Crippen LogP contribution in [0.25, 0.3) is 101 Å². The number of pyridine rings is 2. The number of aryl methyl sites for hydroxylation is 2. The molecule has 0 fully saturated rings. The summed E-state index contributed by atoms with van der Waals surface area (Å²) in [6, 6.07) is 29.9. The first kappa shape index (κ1) is 25.9. The van der Waals surface area contributed by atoms with E-state index in [1.165, 1.54) is 102 Å². The molecular formula is C43H27N3S2. The second-order valence-corrected chi connectivity index (χ2v) is 16.4. The van der Waals surface area contributed by atoms with Crippen molar-refractivity contribution >= 4 is 112 Å². The summed E-state index contributed by atoms with van der Waals surface area (Å²) in [5.74, 6) is 0. The van der Waals surface area contributed by atoms with E-state index < -0.39 is 0 Å². The lowest BCUT2D eigenvalue weighted by Crippen LogP contribution is -2.15. The van der Waals surface area contributed by atoms with Gasteiger partial charge in [0, 0.05) is 57.9 Å². The van der Waals surface area contributed by atoms with E-state index in [9.17, 15) is 0 Å². The molecule has 0 aliphatic heterocycles. The molecule has 12 rings (SSSR count). The van der Waals surface area contributed by atoms with Gasteiger partial charge in [0.25, 0.3) is 0 Å². The van der Waals surface area contributed by atoms with Gasteiger partial charge in [-0.1, -0.05) is 73.5 Å². The molecule has 226 valence electrons. The standard InChI is InChI=1S/C43H27N3S2/c1-20-9-13-31-25(15-20)35-34-27-17-28-33(24-12-11-22-7-5-6-8-23(22)39(24)43(28,3)4)38-37-30(46(40(27)38)29(34)18-44-41(35)47-31)19-45-42-36(37)26-16-21(2)10-14-32(26)48-42/h5-19H,1-4H3. The quantitative estimate of drug-likeness (QED) is 0.164. The Morgan fingerprint density at radius 3 is 1.96 bits per heavy atom. The van der Waals surface area contributed by atoms with Crippen molar-refractivity contribution in [2.75, 3.05) is 0 Å². The maximum atomic E-state index is 5.18. The van der Waals surface area contributed by atoms with Crippen molar-refractivity contribution in [1.82, 2.24) is 14.4 Å². The highest BCUT2D eigenvalue weighted by Crippen LogP contribution is 2.58. The SMILES string of the molecule is Cc1ccc2sc3ncc4c(c5cc6c(c7c8c9c(ncc8n4c57)sc4ccc(C)cc49)-c4ccc5ccccc5c4C6(C)C)c3c2c1. The Morgan fingerprint density at radius 1 is 0.604 bits per heavy atom. The Kier molecular flexibility index (Phi) is 4.48. The highest BCUT2D eigenvalue weighted by molar-refractivity contribution is 7.26. The molecule has 0 amide bonds. The molecule has 0 saturated carbocycles. The van der Waals surface area contributed by atoms with E-state index in [0.29, 0.717) is 0 Å². The largest absolute Gasteiger partial charge is 0.305 e. The van der Waals surface area contributed by atoms with Crippen LogP contribution >= 0.6 is 22.7 Å². The van der Waals surface area contributed by atoms with Gasteiger partial charge in [0.15, 0.2) is 0 Å². The molecule has 0 atom stereocenters. The second kappa shape index (κ2) is 8.30. The predicted molar refractivity (Wildman–Crippen MR) is 207 cm³/mol. The molecule has 0 unspecified atom stereocenters. The molecule has 5 aromatic carbocycles. The van der Waals surface area contributed by atoms with Gasteiger partial charge in [-0.2, -0.15) is 0 Å². The zero-order valence-electron chi connectivity index (χ0n) is 26.8. The van der Waals surface area contributed by atoms with Crippen molar-refractivity contribution in [1.29, 1.82) is 0 Å². The van der Waals surface area contributed by atoms with E-state index in [1.54, 1.807) is 22.7 Å². The van der Waals surface area contributed by atoms with Gasteiger partial charge in [0.1, 0.15) is 9.66 Å². The van der Waals surface area contributed by atoms with Crippen molar-refractivity contribution in [3.05, 3.63) is 114 Å². The summed E-state index contributed by atoms with van der Waals surface area (Å²) in [5, 5.41) is 13.1. The van der Waals surface area contributed by atoms with Crippen LogP contribution in [0.3, 0.4) is 0 Å². The number of aromatic nitrogens is 3. The van der Waals surface area contributed by atoms with Gasteiger partial charge in [-0.15, -0.1) is 22.7 Å². The fourth-order valence-electron chi connectivity index (χ4n) is 9.32. The molecule has 6 aromatic heterocycles. The molecular weight excluding hydrogens is 623 g/mol. The Morgan fingerprint density at radius 2 is 1.25 bits per heavy atom. The molecule has 0 N–H and O–H groups in total. The van der Waals surface area contributed by atoms with Crippen molar-refractivity contribution in [3.63, 3.8) is 0 Å². The zero-order valence-corrected chi connectivity index (χ0v) is 28.5. The maximum absolute atomic E-state index is 5.18. The lowest BCUT2D eigenvalue weighted by Gasteiger charge is -2.23. The van der Waals surface area contributed by atoms with Crippen LogP contribution in [-0.2, 0) is 5.41 Å². The summed E-state index contributed by atoms with van der Waals surface area (Å²) in [6.07, 6.45) is 4.25. The molecule has 1 aliphatic carbocycles. The first-order chi connectivity index (χ1) is 23.4. The molecule has 0 saturated heterocycles. The van der Waals surface area contributed by atoms with Crippen molar-refractivity contribution in [3.8, 4) is 11.1 Å². The highest BCUT2D eigenvalue weighted by Gasteiger charge is 2.40. The maximum Gasteiger partial charge on any atom is 0.125 e. The second-order valence-electron chi connectivity index (χ2n) is 14.3. The Hall–Kier alpha value is -5.10. The fraction of sp³-hybridized carbons (Fsp3) is 0.116. The van der Waals surface area contributed by atoms with E-state index in [1.807, 2.05) is 0 Å². The van der Waals surface area contributed by atoms with E-state index >= 15 is 0 Å². The van der Waals surface area contributed by atoms with E-state index in [0.717, 1.165) is 20.7 Å². The van der Waals surface area contributed by atoms with Gasteiger partial charge in [-0.3, -0.25) is 0 Å². The smallest absolute Gasteiger partial charge is 0.125 e. The van der Waals surface area contributed by atoms with Crippen LogP contribution in [0.4, 0.5) is 0 Å². The number of fused-ring (bicyclic) bond motifs is 20. The van der Waals surface area contributed by atoms with Crippen LogP contribution in [0.5, 0.6) is 0 Å². The summed E-state index contributed by atoms with van der Waals surface area (Å²) in [6.45, 7) is 9.26. The van der Waals surface area contributed by atoms with Crippen LogP contribution in [-0.4, -0.2) is 14.4 Å². The van der Waals surface area contributed by atoms with Crippen molar-refractivity contribution in [2.45, 2.75) is 33.1 Å². The normalized spacial score (nSPS) is 14.4. The van der Waals surface area contributed by atoms with Gasteiger partial charge in [0.2, 0.25) is 0 Å². The molecule has 5 heteroatoms. The first-order valence-corrected chi connectivity index (χ1v) is 18.2. The van der Waals surface area contributed by atoms with Crippen molar-refractivity contribution in [2.24, 2.45) is 0 Å². The minimum absolute atomic E-state index is 0.188. The summed E-state index contributed by atoms with van der Waals surface area (Å²) in [7, 11) is 0. The lowest BCUT2D eigenvalue weighted by molar-refractivity contribution is 0.667. The monoisotopic (exact) mass is 649 g/mol. The van der Waals surface area contributed by atoms with Gasteiger partial charge in [-0.05, 0) is 77.2 Å². The molecule has 11 aromatic rings. The van der Waals surface area contributed by atoms with Gasteiger partial charge in [-0.25, -0.2) is 9.97 Å². The molecule has 1 aliphatic rings. The van der Waals surface area contributed by atoms with Crippen molar-refractivity contribution < 1.29 is 0 Å². The van der Waals surface area contributed by atoms with E-state index in [2.05, 4.69) is 123 Å². The average molecular weight is 650 g/mol. The minimum atomic E-state index is -0.188. The third kappa shape index (κ3) is 2.86. The van der Waals surface area contributed by atoms with Gasteiger partial charge >= 0.3 is 0 Å². The van der Waals surface area contributed by atoms with E-state index in [-0.39, 0.29) is 5.41 Å². The number of rotatable bonds is 0. The van der Waals surface area contributed by atoms with Gasteiger partial charge in [0.05, 0.1) is 28.9 Å². The Labute approximate surface area is 283 Å². The van der Waals surface area contributed by atoms with Crippen LogP contribution in [0.1, 0.15) is 36.1 Å². The topological polar surface area (TPSA) is 30.2 Å². The predicted octanol–water partition coefficient (Wildman–Crippen LogP) is 12.4. The minimum Gasteiger partial charge on any atom is -0.305 e. The summed E-state index contributed by atoms with van der Waals surface area (Å²) in [5.41, 5.74) is 11.6. The summed E-state index contributed by atoms with van der Waals surface area (Å²) < 4.78 is 5.08. The zero-order chi connectivity index (χ0) is 31.8. The number of benzene rings is 5. The highest BCUT2D eigenvalue weighted by atomic mass is 32.1. The molecule has 0 spiro atoms. The number of hydrogen-bond acceptors (Lipinski definition) is 4. The lowest BCUT2D eigenvalue weighted by atomic mass is 9.79. The summed E-state index contributed by atoms with van der Waals surface area (Å²) >= 11 is 3.61. The molecule has 48 heavy (non-hydrogen) atoms. The number of nitrogens with zero attached hydrogens (tertiary/aromatic N) is 3. The van der Waals surface area contributed by atoms with Crippen LogP contribution in [0.2, 0.25) is 0 Å². The molecule has 6 heterocycles. The van der Waals surface area contributed by atoms with Crippen LogP contribution in [0.15, 0.2) is 91.3 Å². The van der Waals surface area contributed by atoms with E-state index in [4.69, 9.17) is 9.97 Å². The Balaban J connectivity index is 1.41. The third-order valence-electron chi connectivity index (χ3n) is 11.3. The fourth-order valence-corrected chi connectivity index (χ4v) is 11.4. The number of thiophene rings is 2. The first-order valence-electron chi connectivity index (χ1n) is 16.6. The van der Waals surface area contributed by atoms with Crippen LogP contribution < -0.4 is 0 Å². The molecule has 0 radical (unpaired) electrons. The average Bonchev–Trinajstić information content (AvgIpc) is 3.86. The molecule has 3 nitrogen and oxygen atoms in total. The van der Waals surface area contributed by atoms with Crippen LogP contribution in [0, 0.1) is 13.8 Å². The summed E-state index contributed by atoms with van der Waals surface area (Å²) in [4.78, 5) is 12.5. The third-order valence-corrected chi connectivity index (χ3v) is 13.4. The number of hydrogen-bond donors (Lipinski definition) is 0.